The Kier molecular flexibility index (Phi) is 6.37. The van der Waals surface area contributed by atoms with Crippen LogP contribution in [0, 0.1) is 12.8 Å². The molecule has 7 heteroatoms. The van der Waals surface area contributed by atoms with Gasteiger partial charge in [0.25, 0.3) is 10.0 Å². The Morgan fingerprint density at radius 2 is 1.90 bits per heavy atom. The van der Waals surface area contributed by atoms with Crippen molar-refractivity contribution >= 4 is 27.0 Å². The SMILES string of the molecule is CCCC(C)COC(=O)Cc1ccc2c(c1)nc(C)n2S(=O)(=O)c1ccccc1. The van der Waals surface area contributed by atoms with Crippen LogP contribution in [0.4, 0.5) is 0 Å². The van der Waals surface area contributed by atoms with Crippen LogP contribution in [0.2, 0.25) is 0 Å². The number of carbonyl (C=O) groups is 1. The zero-order valence-electron chi connectivity index (χ0n) is 17.0. The second kappa shape index (κ2) is 8.78. The number of ether oxygens (including phenoxy) is 1. The molecule has 0 spiro atoms. The van der Waals surface area contributed by atoms with Gasteiger partial charge in [-0.15, -0.1) is 0 Å². The number of aryl methyl sites for hydroxylation is 1. The summed E-state index contributed by atoms with van der Waals surface area (Å²) in [6.07, 6.45) is 2.21. The van der Waals surface area contributed by atoms with Gasteiger partial charge in [0.05, 0.1) is 29.0 Å². The lowest BCUT2D eigenvalue weighted by Gasteiger charge is -2.11. The Morgan fingerprint density at radius 1 is 1.17 bits per heavy atom. The van der Waals surface area contributed by atoms with E-state index in [4.69, 9.17) is 4.74 Å². The molecule has 1 aromatic heterocycles. The predicted octanol–water partition coefficient (Wildman–Crippen LogP) is 4.10. The van der Waals surface area contributed by atoms with Gasteiger partial charge in [-0.2, -0.15) is 0 Å². The molecule has 0 saturated heterocycles. The lowest BCUT2D eigenvalue weighted by Crippen LogP contribution is -2.14. The Balaban J connectivity index is 1.83. The van der Waals surface area contributed by atoms with Gasteiger partial charge in [0, 0.05) is 0 Å². The largest absolute Gasteiger partial charge is 0.465 e. The van der Waals surface area contributed by atoms with Crippen molar-refractivity contribution in [1.82, 2.24) is 8.96 Å². The number of hydrogen-bond acceptors (Lipinski definition) is 5. The molecule has 0 radical (unpaired) electrons. The normalized spacial score (nSPS) is 12.8. The van der Waals surface area contributed by atoms with Gasteiger partial charge >= 0.3 is 5.97 Å². The summed E-state index contributed by atoms with van der Waals surface area (Å²) >= 11 is 0. The number of imidazole rings is 1. The van der Waals surface area contributed by atoms with Crippen LogP contribution in [0.15, 0.2) is 53.4 Å². The van der Waals surface area contributed by atoms with Crippen LogP contribution in [0.3, 0.4) is 0 Å². The molecular weight excluding hydrogens is 388 g/mol. The molecule has 29 heavy (non-hydrogen) atoms. The van der Waals surface area contributed by atoms with E-state index in [0.717, 1.165) is 18.4 Å². The molecule has 1 atom stereocenters. The van der Waals surface area contributed by atoms with Crippen molar-refractivity contribution in [2.45, 2.75) is 44.9 Å². The number of hydrogen-bond donors (Lipinski definition) is 0. The standard InChI is InChI=1S/C22H26N2O4S/c1-4-8-16(2)15-28-22(25)14-18-11-12-21-20(13-18)23-17(3)24(21)29(26,27)19-9-6-5-7-10-19/h5-7,9-13,16H,4,8,14-15H2,1-3H3. The van der Waals surface area contributed by atoms with Gasteiger partial charge in [-0.05, 0) is 49.1 Å². The molecule has 0 bridgehead atoms. The Bertz CT molecular complexity index is 1100. The molecule has 0 saturated carbocycles. The summed E-state index contributed by atoms with van der Waals surface area (Å²) in [6.45, 7) is 6.24. The van der Waals surface area contributed by atoms with Crippen LogP contribution in [-0.2, 0) is 26.0 Å². The summed E-state index contributed by atoms with van der Waals surface area (Å²) in [4.78, 5) is 16.7. The molecule has 0 amide bonds. The van der Waals surface area contributed by atoms with E-state index in [1.54, 1.807) is 55.5 Å². The maximum Gasteiger partial charge on any atom is 0.310 e. The van der Waals surface area contributed by atoms with E-state index in [1.165, 1.54) is 3.97 Å². The first kappa shape index (κ1) is 21.0. The Morgan fingerprint density at radius 3 is 2.59 bits per heavy atom. The molecule has 0 aliphatic rings. The first-order chi connectivity index (χ1) is 13.8. The molecule has 1 unspecified atom stereocenters. The third-order valence-corrected chi connectivity index (χ3v) is 6.58. The molecule has 0 fully saturated rings. The molecule has 154 valence electrons. The highest BCUT2D eigenvalue weighted by atomic mass is 32.2. The first-order valence-electron chi connectivity index (χ1n) is 9.77. The zero-order valence-corrected chi connectivity index (χ0v) is 17.8. The number of nitrogens with zero attached hydrogens (tertiary/aromatic N) is 2. The first-order valence-corrected chi connectivity index (χ1v) is 11.2. The highest BCUT2D eigenvalue weighted by molar-refractivity contribution is 7.90. The fourth-order valence-corrected chi connectivity index (χ4v) is 4.88. The second-order valence-corrected chi connectivity index (χ2v) is 9.10. The van der Waals surface area contributed by atoms with E-state index in [1.807, 2.05) is 0 Å². The van der Waals surface area contributed by atoms with E-state index in [-0.39, 0.29) is 17.3 Å². The maximum absolute atomic E-state index is 13.0. The van der Waals surface area contributed by atoms with Crippen molar-refractivity contribution < 1.29 is 17.9 Å². The molecular formula is C22H26N2O4S. The van der Waals surface area contributed by atoms with Crippen molar-refractivity contribution in [3.8, 4) is 0 Å². The van der Waals surface area contributed by atoms with Gasteiger partial charge < -0.3 is 4.74 Å². The molecule has 1 heterocycles. The average Bonchev–Trinajstić information content (AvgIpc) is 3.03. The van der Waals surface area contributed by atoms with Crippen molar-refractivity contribution in [3.05, 3.63) is 59.9 Å². The Hall–Kier alpha value is -2.67. The third kappa shape index (κ3) is 4.67. The monoisotopic (exact) mass is 414 g/mol. The number of benzene rings is 2. The van der Waals surface area contributed by atoms with Gasteiger partial charge in [-0.3, -0.25) is 4.79 Å². The fraction of sp³-hybridized carbons (Fsp3) is 0.364. The topological polar surface area (TPSA) is 78.3 Å². The highest BCUT2D eigenvalue weighted by Crippen LogP contribution is 2.24. The van der Waals surface area contributed by atoms with Crippen molar-refractivity contribution in [2.24, 2.45) is 5.92 Å². The molecule has 2 aromatic carbocycles. The maximum atomic E-state index is 13.0. The summed E-state index contributed by atoms with van der Waals surface area (Å²) < 4.78 is 32.7. The lowest BCUT2D eigenvalue weighted by atomic mass is 10.1. The minimum absolute atomic E-state index is 0.131. The summed E-state index contributed by atoms with van der Waals surface area (Å²) in [5, 5.41) is 0. The number of carbonyl (C=O) groups excluding carboxylic acids is 1. The summed E-state index contributed by atoms with van der Waals surface area (Å²) in [5.41, 5.74) is 1.76. The smallest absolute Gasteiger partial charge is 0.310 e. The number of aromatic nitrogens is 2. The van der Waals surface area contributed by atoms with Crippen LogP contribution < -0.4 is 0 Å². The van der Waals surface area contributed by atoms with E-state index in [9.17, 15) is 13.2 Å². The molecule has 6 nitrogen and oxygen atoms in total. The van der Waals surface area contributed by atoms with Crippen LogP contribution in [0.1, 0.15) is 38.1 Å². The van der Waals surface area contributed by atoms with Gasteiger partial charge in [-0.25, -0.2) is 17.4 Å². The molecule has 0 N–H and O–H groups in total. The van der Waals surface area contributed by atoms with Crippen LogP contribution in [0.25, 0.3) is 11.0 Å². The molecule has 0 aliphatic heterocycles. The second-order valence-electron chi connectivity index (χ2n) is 7.32. The van der Waals surface area contributed by atoms with Gasteiger partial charge in [0.15, 0.2) is 0 Å². The van der Waals surface area contributed by atoms with Gasteiger partial charge in [-0.1, -0.05) is 44.5 Å². The summed E-state index contributed by atoms with van der Waals surface area (Å²) in [6, 6.07) is 13.4. The van der Waals surface area contributed by atoms with Crippen LogP contribution >= 0.6 is 0 Å². The average molecular weight is 415 g/mol. The summed E-state index contributed by atoms with van der Waals surface area (Å²) in [5.74, 6) is 0.422. The van der Waals surface area contributed by atoms with Crippen LogP contribution in [-0.4, -0.2) is 30.0 Å². The van der Waals surface area contributed by atoms with Crippen molar-refractivity contribution in [3.63, 3.8) is 0 Å². The van der Waals surface area contributed by atoms with Crippen molar-refractivity contribution in [2.75, 3.05) is 6.61 Å². The Labute approximate surface area is 171 Å². The quantitative estimate of drug-likeness (QED) is 0.519. The predicted molar refractivity (Wildman–Crippen MR) is 112 cm³/mol. The van der Waals surface area contributed by atoms with Crippen LogP contribution in [0.5, 0.6) is 0 Å². The number of esters is 1. The number of fused-ring (bicyclic) bond motifs is 1. The molecule has 3 aromatic rings. The number of rotatable bonds is 8. The van der Waals surface area contributed by atoms with Crippen molar-refractivity contribution in [1.29, 1.82) is 0 Å². The van der Waals surface area contributed by atoms with Gasteiger partial charge in [0.1, 0.15) is 5.82 Å². The lowest BCUT2D eigenvalue weighted by molar-refractivity contribution is -0.144. The van der Waals surface area contributed by atoms with E-state index in [2.05, 4.69) is 18.8 Å². The highest BCUT2D eigenvalue weighted by Gasteiger charge is 2.22. The van der Waals surface area contributed by atoms with E-state index >= 15 is 0 Å². The minimum Gasteiger partial charge on any atom is -0.465 e. The third-order valence-electron chi connectivity index (χ3n) is 4.77. The molecule has 3 rings (SSSR count). The zero-order chi connectivity index (χ0) is 21.0. The fourth-order valence-electron chi connectivity index (χ4n) is 3.36. The van der Waals surface area contributed by atoms with E-state index in [0.29, 0.717) is 29.4 Å². The van der Waals surface area contributed by atoms with E-state index < -0.39 is 10.0 Å². The van der Waals surface area contributed by atoms with Gasteiger partial charge in [0.2, 0.25) is 0 Å². The minimum atomic E-state index is -3.75. The summed E-state index contributed by atoms with van der Waals surface area (Å²) in [7, 11) is -3.75. The molecule has 0 aliphatic carbocycles.